The highest BCUT2D eigenvalue weighted by Gasteiger charge is 2.41. The van der Waals surface area contributed by atoms with E-state index in [2.05, 4.69) is 10.3 Å². The predicted molar refractivity (Wildman–Crippen MR) is 87.1 cm³/mol. The molecule has 1 aromatic rings. The summed E-state index contributed by atoms with van der Waals surface area (Å²) in [5.74, 6) is 1.07. The lowest BCUT2D eigenvalue weighted by Crippen LogP contribution is -2.60. The largest absolute Gasteiger partial charge is 0.367 e. The van der Waals surface area contributed by atoms with E-state index in [0.717, 1.165) is 31.5 Å². The molecule has 3 saturated heterocycles. The molecule has 1 amide bonds. The van der Waals surface area contributed by atoms with Gasteiger partial charge in [0.25, 0.3) is 0 Å². The molecule has 0 spiro atoms. The van der Waals surface area contributed by atoms with E-state index >= 15 is 0 Å². The number of carbonyl (C=O) groups excluding carboxylic acids is 2. The van der Waals surface area contributed by atoms with Gasteiger partial charge in [-0.25, -0.2) is 0 Å². The summed E-state index contributed by atoms with van der Waals surface area (Å²) in [6.45, 7) is 1.43. The van der Waals surface area contributed by atoms with Crippen molar-refractivity contribution in [1.29, 1.82) is 0 Å². The van der Waals surface area contributed by atoms with E-state index in [1.165, 1.54) is 25.7 Å². The number of aromatic amines is 1. The molecule has 1 aromatic heterocycles. The van der Waals surface area contributed by atoms with Crippen LogP contribution in [0.3, 0.4) is 0 Å². The molecule has 0 radical (unpaired) electrons. The highest BCUT2D eigenvalue weighted by molar-refractivity contribution is 5.97. The molecule has 0 aromatic carbocycles. The molecule has 4 aliphatic rings. The molecule has 4 heterocycles. The van der Waals surface area contributed by atoms with Crippen LogP contribution in [0.4, 0.5) is 0 Å². The number of piperidine rings is 3. The van der Waals surface area contributed by atoms with Crippen molar-refractivity contribution in [1.82, 2.24) is 15.2 Å². The standard InChI is InChI=1S/C18H25N3O2/c22-17(14-5-8-19-11-14)13-6-9-21(10-7-13)18(23)16-12-1-3-15(20-16)4-2-12/h5,8,11-13,15-16,19-20H,1-4,6-7,9-10H2. The first-order chi connectivity index (χ1) is 11.2. The van der Waals surface area contributed by atoms with Gasteiger partial charge in [0.2, 0.25) is 5.91 Å². The van der Waals surface area contributed by atoms with Gasteiger partial charge in [0.05, 0.1) is 6.04 Å². The van der Waals surface area contributed by atoms with Crippen LogP contribution in [0.15, 0.2) is 18.5 Å². The van der Waals surface area contributed by atoms with E-state index in [1.807, 2.05) is 11.0 Å². The van der Waals surface area contributed by atoms with Gasteiger partial charge in [0.1, 0.15) is 0 Å². The summed E-state index contributed by atoms with van der Waals surface area (Å²) in [6, 6.07) is 2.41. The summed E-state index contributed by atoms with van der Waals surface area (Å²) in [5, 5.41) is 3.54. The Bertz CT molecular complexity index is 567. The maximum atomic E-state index is 12.8. The summed E-state index contributed by atoms with van der Waals surface area (Å²) in [5.41, 5.74) is 0.765. The second-order valence-electron chi connectivity index (χ2n) is 7.32. The van der Waals surface area contributed by atoms with Crippen LogP contribution in [0.25, 0.3) is 0 Å². The van der Waals surface area contributed by atoms with E-state index in [1.54, 1.807) is 12.4 Å². The summed E-state index contributed by atoms with van der Waals surface area (Å²) >= 11 is 0. The number of hydrogen-bond acceptors (Lipinski definition) is 3. The number of carbonyl (C=O) groups is 2. The van der Waals surface area contributed by atoms with Gasteiger partial charge in [-0.15, -0.1) is 0 Å². The van der Waals surface area contributed by atoms with Crippen molar-refractivity contribution >= 4 is 11.7 Å². The van der Waals surface area contributed by atoms with Gasteiger partial charge in [0, 0.05) is 43.0 Å². The van der Waals surface area contributed by atoms with Crippen molar-refractivity contribution in [2.24, 2.45) is 11.8 Å². The lowest BCUT2D eigenvalue weighted by molar-refractivity contribution is -0.138. The highest BCUT2D eigenvalue weighted by Crippen LogP contribution is 2.34. The molecular weight excluding hydrogens is 290 g/mol. The van der Waals surface area contributed by atoms with Crippen LogP contribution in [0.1, 0.15) is 48.9 Å². The Morgan fingerprint density at radius 1 is 1.04 bits per heavy atom. The molecule has 3 aliphatic heterocycles. The maximum absolute atomic E-state index is 12.8. The van der Waals surface area contributed by atoms with Gasteiger partial charge in [-0.1, -0.05) is 0 Å². The molecule has 1 saturated carbocycles. The van der Waals surface area contributed by atoms with E-state index in [4.69, 9.17) is 0 Å². The van der Waals surface area contributed by atoms with Crippen LogP contribution in [0.5, 0.6) is 0 Å². The first kappa shape index (κ1) is 14.9. The van der Waals surface area contributed by atoms with E-state index < -0.39 is 0 Å². The number of rotatable bonds is 3. The number of ketones is 1. The summed E-state index contributed by atoms with van der Waals surface area (Å²) in [6.07, 6.45) is 9.96. The molecule has 2 bridgehead atoms. The minimum absolute atomic E-state index is 0.0272. The third-order valence-electron chi connectivity index (χ3n) is 5.98. The average Bonchev–Trinajstić information content (AvgIpc) is 3.16. The fraction of sp³-hybridized carbons (Fsp3) is 0.667. The molecule has 4 fully saturated rings. The number of Topliss-reactive ketones (excluding diaryl/α,β-unsaturated/α-hetero) is 1. The van der Waals surface area contributed by atoms with Crippen LogP contribution >= 0.6 is 0 Å². The molecule has 1 aliphatic carbocycles. The first-order valence-electron chi connectivity index (χ1n) is 8.94. The Labute approximate surface area is 136 Å². The number of nitrogens with one attached hydrogen (secondary N) is 2. The fourth-order valence-electron chi connectivity index (χ4n) is 4.55. The quantitative estimate of drug-likeness (QED) is 0.838. The second kappa shape index (κ2) is 6.11. The third-order valence-corrected chi connectivity index (χ3v) is 5.98. The van der Waals surface area contributed by atoms with Crippen LogP contribution in [0.2, 0.25) is 0 Å². The first-order valence-corrected chi connectivity index (χ1v) is 8.94. The Balaban J connectivity index is 1.34. The number of fused-ring (bicyclic) bond motifs is 3. The third kappa shape index (κ3) is 2.82. The van der Waals surface area contributed by atoms with Crippen molar-refractivity contribution < 1.29 is 9.59 Å². The van der Waals surface area contributed by atoms with Gasteiger partial charge in [-0.3, -0.25) is 9.59 Å². The van der Waals surface area contributed by atoms with Crippen molar-refractivity contribution in [2.45, 2.75) is 50.6 Å². The number of H-pyrrole nitrogens is 1. The fourth-order valence-corrected chi connectivity index (χ4v) is 4.55. The van der Waals surface area contributed by atoms with Crippen molar-refractivity contribution in [3.8, 4) is 0 Å². The van der Waals surface area contributed by atoms with Crippen LogP contribution in [-0.2, 0) is 4.79 Å². The Hall–Kier alpha value is -1.62. The van der Waals surface area contributed by atoms with Crippen LogP contribution in [0, 0.1) is 11.8 Å². The van der Waals surface area contributed by atoms with E-state index in [9.17, 15) is 9.59 Å². The Kier molecular flexibility index (Phi) is 3.97. The molecule has 1 unspecified atom stereocenters. The normalized spacial score (nSPS) is 31.3. The zero-order valence-electron chi connectivity index (χ0n) is 13.5. The van der Waals surface area contributed by atoms with Crippen molar-refractivity contribution in [3.05, 3.63) is 24.0 Å². The zero-order valence-corrected chi connectivity index (χ0v) is 13.5. The minimum Gasteiger partial charge on any atom is -0.367 e. The van der Waals surface area contributed by atoms with Gasteiger partial charge in [-0.2, -0.15) is 0 Å². The number of amides is 1. The molecule has 5 rings (SSSR count). The maximum Gasteiger partial charge on any atom is 0.240 e. The SMILES string of the molecule is O=C(c1cc[nH]c1)C1CCN(C(=O)C2NC3CCC2CC3)CC1. The van der Waals surface area contributed by atoms with Crippen molar-refractivity contribution in [2.75, 3.05) is 13.1 Å². The predicted octanol–water partition coefficient (Wildman–Crippen LogP) is 1.97. The Morgan fingerprint density at radius 3 is 2.35 bits per heavy atom. The molecule has 1 atom stereocenters. The van der Waals surface area contributed by atoms with Crippen LogP contribution < -0.4 is 5.32 Å². The van der Waals surface area contributed by atoms with Crippen LogP contribution in [-0.4, -0.2) is 46.7 Å². The summed E-state index contributed by atoms with van der Waals surface area (Å²) in [4.78, 5) is 30.2. The van der Waals surface area contributed by atoms with Crippen molar-refractivity contribution in [3.63, 3.8) is 0 Å². The molecule has 5 heteroatoms. The van der Waals surface area contributed by atoms with E-state index in [0.29, 0.717) is 12.0 Å². The Morgan fingerprint density at radius 2 is 1.78 bits per heavy atom. The molecule has 124 valence electrons. The molecule has 23 heavy (non-hydrogen) atoms. The highest BCUT2D eigenvalue weighted by atomic mass is 16.2. The lowest BCUT2D eigenvalue weighted by Gasteiger charge is -2.45. The van der Waals surface area contributed by atoms with E-state index in [-0.39, 0.29) is 23.7 Å². The smallest absolute Gasteiger partial charge is 0.240 e. The minimum atomic E-state index is 0.0272. The van der Waals surface area contributed by atoms with Gasteiger partial charge in [0.15, 0.2) is 5.78 Å². The van der Waals surface area contributed by atoms with Gasteiger partial charge < -0.3 is 15.2 Å². The summed E-state index contributed by atoms with van der Waals surface area (Å²) < 4.78 is 0. The van der Waals surface area contributed by atoms with Gasteiger partial charge >= 0.3 is 0 Å². The summed E-state index contributed by atoms with van der Waals surface area (Å²) in [7, 11) is 0. The number of aromatic nitrogens is 1. The number of likely N-dealkylation sites (tertiary alicyclic amines) is 1. The second-order valence-corrected chi connectivity index (χ2v) is 7.32. The monoisotopic (exact) mass is 315 g/mol. The topological polar surface area (TPSA) is 65.2 Å². The average molecular weight is 315 g/mol. The van der Waals surface area contributed by atoms with Gasteiger partial charge in [-0.05, 0) is 50.5 Å². The molecule has 5 nitrogen and oxygen atoms in total. The molecular formula is C18H25N3O2. The lowest BCUT2D eigenvalue weighted by atomic mass is 9.75. The number of nitrogens with zero attached hydrogens (tertiary/aromatic N) is 1. The number of hydrogen-bond donors (Lipinski definition) is 2. The zero-order chi connectivity index (χ0) is 15.8. The molecule has 2 N–H and O–H groups in total.